The standard InChI is InChI=1S/C18H21N5O3/c24-16-4-2-1-3-13(16)14-9-15-18(21-20-14)19-10-12-11-22(6-5-17(25)26)7-8-23(12)15/h1-4,9,12,24H,5-8,10-11H2,(H,19,21)(H,25,26)/t12-/m0/s1. The smallest absolute Gasteiger partial charge is 0.304 e. The van der Waals surface area contributed by atoms with Crippen LogP contribution in [0.3, 0.4) is 0 Å². The van der Waals surface area contributed by atoms with Crippen LogP contribution in [-0.2, 0) is 4.79 Å². The molecular weight excluding hydrogens is 334 g/mol. The molecule has 136 valence electrons. The summed E-state index contributed by atoms with van der Waals surface area (Å²) in [4.78, 5) is 15.3. The van der Waals surface area contributed by atoms with Gasteiger partial charge in [-0.3, -0.25) is 9.69 Å². The highest BCUT2D eigenvalue weighted by atomic mass is 16.4. The summed E-state index contributed by atoms with van der Waals surface area (Å²) in [6.07, 6.45) is 0.166. The maximum Gasteiger partial charge on any atom is 0.304 e. The summed E-state index contributed by atoms with van der Waals surface area (Å²) in [6.45, 7) is 3.77. The molecule has 2 aliphatic rings. The Balaban J connectivity index is 1.57. The van der Waals surface area contributed by atoms with Crippen LogP contribution in [0.5, 0.6) is 5.75 Å². The summed E-state index contributed by atoms with van der Waals surface area (Å²) >= 11 is 0. The molecule has 26 heavy (non-hydrogen) atoms. The number of aromatic hydroxyl groups is 1. The molecule has 0 unspecified atom stereocenters. The second-order valence-electron chi connectivity index (χ2n) is 6.65. The van der Waals surface area contributed by atoms with E-state index in [9.17, 15) is 9.90 Å². The van der Waals surface area contributed by atoms with Gasteiger partial charge in [-0.25, -0.2) is 0 Å². The number of carboxylic acids is 1. The van der Waals surface area contributed by atoms with Crippen LogP contribution in [0.2, 0.25) is 0 Å². The zero-order chi connectivity index (χ0) is 18.1. The predicted molar refractivity (Wildman–Crippen MR) is 97.4 cm³/mol. The molecule has 8 heteroatoms. The molecule has 1 saturated heterocycles. The van der Waals surface area contributed by atoms with Crippen molar-refractivity contribution in [1.29, 1.82) is 0 Å². The average Bonchev–Trinajstić information content (AvgIpc) is 2.66. The van der Waals surface area contributed by atoms with E-state index in [1.165, 1.54) is 0 Å². The van der Waals surface area contributed by atoms with E-state index in [4.69, 9.17) is 5.11 Å². The van der Waals surface area contributed by atoms with Crippen molar-refractivity contribution in [3.63, 3.8) is 0 Å². The molecular formula is C18H21N5O3. The van der Waals surface area contributed by atoms with Crippen LogP contribution in [-0.4, -0.2) is 70.0 Å². The maximum absolute atomic E-state index is 10.8. The van der Waals surface area contributed by atoms with Crippen molar-refractivity contribution in [2.75, 3.05) is 42.9 Å². The normalized spacial score (nSPS) is 19.4. The lowest BCUT2D eigenvalue weighted by molar-refractivity contribution is -0.137. The molecule has 3 N–H and O–H groups in total. The van der Waals surface area contributed by atoms with Crippen molar-refractivity contribution in [2.24, 2.45) is 0 Å². The molecule has 4 rings (SSSR count). The van der Waals surface area contributed by atoms with Gasteiger partial charge in [0.05, 0.1) is 23.8 Å². The van der Waals surface area contributed by atoms with E-state index < -0.39 is 5.97 Å². The minimum Gasteiger partial charge on any atom is -0.507 e. The second kappa shape index (κ2) is 6.80. The van der Waals surface area contributed by atoms with Crippen molar-refractivity contribution in [3.05, 3.63) is 30.3 Å². The Morgan fingerprint density at radius 1 is 1.27 bits per heavy atom. The number of phenolic OH excluding ortho intramolecular Hbond substituents is 1. The Morgan fingerprint density at radius 3 is 2.92 bits per heavy atom. The lowest BCUT2D eigenvalue weighted by Gasteiger charge is -2.45. The van der Waals surface area contributed by atoms with Crippen LogP contribution in [0.15, 0.2) is 30.3 Å². The number of phenols is 1. The Bertz CT molecular complexity index is 828. The van der Waals surface area contributed by atoms with Crippen LogP contribution in [0.25, 0.3) is 11.3 Å². The van der Waals surface area contributed by atoms with Crippen molar-refractivity contribution in [1.82, 2.24) is 15.1 Å². The number of hydrogen-bond acceptors (Lipinski definition) is 7. The quantitative estimate of drug-likeness (QED) is 0.753. The van der Waals surface area contributed by atoms with E-state index in [1.807, 2.05) is 18.2 Å². The van der Waals surface area contributed by atoms with Gasteiger partial charge in [-0.2, -0.15) is 0 Å². The topological polar surface area (TPSA) is 102 Å². The molecule has 0 amide bonds. The van der Waals surface area contributed by atoms with Crippen LogP contribution < -0.4 is 10.2 Å². The Morgan fingerprint density at radius 2 is 2.12 bits per heavy atom. The highest BCUT2D eigenvalue weighted by Crippen LogP contribution is 2.35. The van der Waals surface area contributed by atoms with E-state index in [2.05, 4.69) is 25.3 Å². The van der Waals surface area contributed by atoms with Gasteiger partial charge in [0.25, 0.3) is 0 Å². The summed E-state index contributed by atoms with van der Waals surface area (Å²) in [6, 6.07) is 9.31. The van der Waals surface area contributed by atoms with Gasteiger partial charge in [0.2, 0.25) is 0 Å². The Labute approximate surface area is 151 Å². The summed E-state index contributed by atoms with van der Waals surface area (Å²) in [5.41, 5.74) is 2.27. The average molecular weight is 355 g/mol. The molecule has 1 aromatic carbocycles. The molecule has 0 saturated carbocycles. The SMILES string of the molecule is O=C(O)CCN1CCN2c3cc(-c4ccccc4O)nnc3NC[C@H]2C1. The fourth-order valence-electron chi connectivity index (χ4n) is 3.63. The van der Waals surface area contributed by atoms with Gasteiger partial charge in [-0.15, -0.1) is 10.2 Å². The summed E-state index contributed by atoms with van der Waals surface area (Å²) in [5.74, 6) is 0.169. The molecule has 0 aliphatic carbocycles. The molecule has 0 spiro atoms. The molecule has 0 bridgehead atoms. The molecule has 2 aromatic rings. The predicted octanol–water partition coefficient (Wildman–Crippen LogP) is 1.24. The number of aromatic nitrogens is 2. The number of aliphatic carboxylic acids is 1. The van der Waals surface area contributed by atoms with E-state index in [-0.39, 0.29) is 18.2 Å². The van der Waals surface area contributed by atoms with Gasteiger partial charge in [0.1, 0.15) is 5.75 Å². The number of rotatable bonds is 4. The van der Waals surface area contributed by atoms with Gasteiger partial charge in [0.15, 0.2) is 5.82 Å². The van der Waals surface area contributed by atoms with Crippen molar-refractivity contribution in [3.8, 4) is 17.0 Å². The Hall–Kier alpha value is -2.87. The summed E-state index contributed by atoms with van der Waals surface area (Å²) < 4.78 is 0. The number of nitrogens with zero attached hydrogens (tertiary/aromatic N) is 4. The first-order valence-corrected chi connectivity index (χ1v) is 8.72. The first-order chi connectivity index (χ1) is 12.6. The minimum absolute atomic E-state index is 0.166. The number of carbonyl (C=O) groups is 1. The number of benzene rings is 1. The molecule has 3 heterocycles. The molecule has 0 radical (unpaired) electrons. The third-order valence-electron chi connectivity index (χ3n) is 4.98. The fraction of sp³-hybridized carbons (Fsp3) is 0.389. The number of carboxylic acid groups (broad SMARTS) is 1. The molecule has 1 atom stereocenters. The van der Waals surface area contributed by atoms with Crippen LogP contribution in [0.1, 0.15) is 6.42 Å². The van der Waals surface area contributed by atoms with Gasteiger partial charge in [-0.1, -0.05) is 12.1 Å². The number of piperazine rings is 1. The van der Waals surface area contributed by atoms with E-state index in [0.717, 1.165) is 37.7 Å². The van der Waals surface area contributed by atoms with Gasteiger partial charge < -0.3 is 20.4 Å². The first kappa shape index (κ1) is 16.6. The number of anilines is 2. The Kier molecular flexibility index (Phi) is 4.34. The van der Waals surface area contributed by atoms with E-state index >= 15 is 0 Å². The monoisotopic (exact) mass is 355 g/mol. The van der Waals surface area contributed by atoms with Gasteiger partial charge in [-0.05, 0) is 18.2 Å². The molecule has 1 aromatic heterocycles. The van der Waals surface area contributed by atoms with Crippen LogP contribution in [0, 0.1) is 0 Å². The summed E-state index contributed by atoms with van der Waals surface area (Å²) in [5, 5.41) is 30.8. The highest BCUT2D eigenvalue weighted by Gasteiger charge is 2.33. The number of nitrogens with one attached hydrogen (secondary N) is 1. The van der Waals surface area contributed by atoms with Crippen LogP contribution >= 0.6 is 0 Å². The van der Waals surface area contributed by atoms with Gasteiger partial charge >= 0.3 is 5.97 Å². The first-order valence-electron chi connectivity index (χ1n) is 8.72. The maximum atomic E-state index is 10.8. The lowest BCUT2D eigenvalue weighted by atomic mass is 10.1. The van der Waals surface area contributed by atoms with Crippen molar-refractivity contribution >= 4 is 17.5 Å². The number of fused-ring (bicyclic) bond motifs is 3. The van der Waals surface area contributed by atoms with E-state index in [1.54, 1.807) is 12.1 Å². The second-order valence-corrected chi connectivity index (χ2v) is 6.65. The molecule has 1 fully saturated rings. The fourth-order valence-corrected chi connectivity index (χ4v) is 3.63. The molecule has 2 aliphatic heterocycles. The van der Waals surface area contributed by atoms with Crippen molar-refractivity contribution < 1.29 is 15.0 Å². The van der Waals surface area contributed by atoms with E-state index in [0.29, 0.717) is 17.8 Å². The highest BCUT2D eigenvalue weighted by molar-refractivity contribution is 5.76. The number of para-hydroxylation sites is 1. The van der Waals surface area contributed by atoms with Crippen molar-refractivity contribution in [2.45, 2.75) is 12.5 Å². The third kappa shape index (κ3) is 3.15. The largest absolute Gasteiger partial charge is 0.507 e. The third-order valence-corrected chi connectivity index (χ3v) is 4.98. The lowest BCUT2D eigenvalue weighted by Crippen LogP contribution is -2.58. The minimum atomic E-state index is -0.762. The zero-order valence-corrected chi connectivity index (χ0v) is 14.3. The number of hydrogen-bond donors (Lipinski definition) is 3. The summed E-state index contributed by atoms with van der Waals surface area (Å²) in [7, 11) is 0. The van der Waals surface area contributed by atoms with Crippen LogP contribution in [0.4, 0.5) is 11.5 Å². The zero-order valence-electron chi connectivity index (χ0n) is 14.3. The molecule has 8 nitrogen and oxygen atoms in total. The van der Waals surface area contributed by atoms with Gasteiger partial charge in [0, 0.05) is 38.3 Å².